The summed E-state index contributed by atoms with van der Waals surface area (Å²) in [7, 11) is 0. The maximum atomic E-state index is 11.2. The van der Waals surface area contributed by atoms with Crippen molar-refractivity contribution in [2.45, 2.75) is 12.8 Å². The third-order valence-electron chi connectivity index (χ3n) is 3.32. The number of anilines is 2. The van der Waals surface area contributed by atoms with Crippen molar-refractivity contribution in [3.8, 4) is 0 Å². The zero-order chi connectivity index (χ0) is 14.0. The molecule has 0 spiro atoms. The van der Waals surface area contributed by atoms with Crippen molar-refractivity contribution in [2.75, 3.05) is 23.7 Å². The number of amides is 1. The average molecular weight is 264 g/mol. The lowest BCUT2D eigenvalue weighted by Crippen LogP contribution is -2.41. The minimum atomic E-state index is -0.477. The minimum Gasteiger partial charge on any atom is -0.398 e. The van der Waals surface area contributed by atoms with Crippen molar-refractivity contribution >= 4 is 23.0 Å². The van der Waals surface area contributed by atoms with Gasteiger partial charge in [0.1, 0.15) is 0 Å². The van der Waals surface area contributed by atoms with Crippen molar-refractivity contribution < 1.29 is 9.72 Å². The molecule has 2 rings (SSSR count). The topological polar surface area (TPSA) is 115 Å². The first kappa shape index (κ1) is 13.1. The molecule has 19 heavy (non-hydrogen) atoms. The minimum absolute atomic E-state index is 0.0452. The molecule has 7 nitrogen and oxygen atoms in total. The molecule has 7 heteroatoms. The number of carbonyl (C=O) groups is 1. The molecule has 0 bridgehead atoms. The zero-order valence-electron chi connectivity index (χ0n) is 10.4. The normalized spacial score (nSPS) is 19.2. The average Bonchev–Trinajstić information content (AvgIpc) is 2.38. The van der Waals surface area contributed by atoms with E-state index in [0.717, 1.165) is 19.4 Å². The molecule has 4 N–H and O–H groups in total. The van der Waals surface area contributed by atoms with Gasteiger partial charge in [-0.1, -0.05) is 0 Å². The number of nitrogens with zero attached hydrogens (tertiary/aromatic N) is 2. The lowest BCUT2D eigenvalue weighted by molar-refractivity contribution is -0.384. The number of piperidine rings is 1. The Labute approximate surface area is 110 Å². The highest BCUT2D eigenvalue weighted by atomic mass is 16.6. The highest BCUT2D eigenvalue weighted by Crippen LogP contribution is 2.28. The fourth-order valence-electron chi connectivity index (χ4n) is 2.35. The van der Waals surface area contributed by atoms with Gasteiger partial charge in [-0.15, -0.1) is 0 Å². The molecule has 1 saturated heterocycles. The van der Waals surface area contributed by atoms with Crippen LogP contribution in [0.4, 0.5) is 17.1 Å². The van der Waals surface area contributed by atoms with Crippen LogP contribution in [0, 0.1) is 16.0 Å². The van der Waals surface area contributed by atoms with Gasteiger partial charge in [0.2, 0.25) is 5.91 Å². The number of rotatable bonds is 3. The van der Waals surface area contributed by atoms with Crippen LogP contribution in [0.25, 0.3) is 0 Å². The second-order valence-corrected chi connectivity index (χ2v) is 4.73. The molecule has 1 aromatic rings. The molecular formula is C12H16N4O3. The second kappa shape index (κ2) is 5.13. The summed E-state index contributed by atoms with van der Waals surface area (Å²) in [6.07, 6.45) is 1.59. The van der Waals surface area contributed by atoms with Crippen LogP contribution in [-0.4, -0.2) is 23.9 Å². The maximum Gasteiger partial charge on any atom is 0.273 e. The summed E-state index contributed by atoms with van der Waals surface area (Å²) in [6.45, 7) is 1.22. The van der Waals surface area contributed by atoms with Gasteiger partial charge >= 0.3 is 0 Å². The van der Waals surface area contributed by atoms with E-state index in [-0.39, 0.29) is 17.5 Å². The first-order valence-corrected chi connectivity index (χ1v) is 6.06. The summed E-state index contributed by atoms with van der Waals surface area (Å²) in [6, 6.07) is 4.47. The lowest BCUT2D eigenvalue weighted by Gasteiger charge is -2.33. The Bertz CT molecular complexity index is 518. The smallest absolute Gasteiger partial charge is 0.273 e. The van der Waals surface area contributed by atoms with Crippen LogP contribution >= 0.6 is 0 Å². The van der Waals surface area contributed by atoms with E-state index >= 15 is 0 Å². The van der Waals surface area contributed by atoms with Gasteiger partial charge in [0.05, 0.1) is 10.8 Å². The Morgan fingerprint density at radius 2 is 2.16 bits per heavy atom. The van der Waals surface area contributed by atoms with Gasteiger partial charge in [-0.25, -0.2) is 0 Å². The van der Waals surface area contributed by atoms with E-state index in [1.807, 2.05) is 4.90 Å². The van der Waals surface area contributed by atoms with Crippen molar-refractivity contribution in [1.82, 2.24) is 0 Å². The van der Waals surface area contributed by atoms with Crippen LogP contribution in [-0.2, 0) is 4.79 Å². The number of hydrogen-bond donors (Lipinski definition) is 2. The first-order valence-electron chi connectivity index (χ1n) is 6.06. The summed E-state index contributed by atoms with van der Waals surface area (Å²) >= 11 is 0. The van der Waals surface area contributed by atoms with Gasteiger partial charge in [-0.05, 0) is 18.9 Å². The Morgan fingerprint density at radius 3 is 2.79 bits per heavy atom. The number of nitro benzene ring substituents is 1. The Morgan fingerprint density at radius 1 is 1.42 bits per heavy atom. The van der Waals surface area contributed by atoms with Crippen molar-refractivity contribution in [3.63, 3.8) is 0 Å². The molecule has 0 radical (unpaired) electrons. The Hall–Kier alpha value is -2.31. The molecule has 1 atom stereocenters. The number of primary amides is 1. The van der Waals surface area contributed by atoms with Crippen LogP contribution in [0.3, 0.4) is 0 Å². The number of nitro groups is 1. The lowest BCUT2D eigenvalue weighted by atomic mass is 9.97. The number of non-ortho nitro benzene ring substituents is 1. The predicted molar refractivity (Wildman–Crippen MR) is 71.6 cm³/mol. The van der Waals surface area contributed by atoms with Crippen LogP contribution in [0.5, 0.6) is 0 Å². The molecule has 1 aromatic carbocycles. The largest absolute Gasteiger partial charge is 0.398 e. The molecule has 1 aliphatic rings. The zero-order valence-corrected chi connectivity index (χ0v) is 10.4. The fourth-order valence-corrected chi connectivity index (χ4v) is 2.35. The van der Waals surface area contributed by atoms with E-state index in [9.17, 15) is 14.9 Å². The quantitative estimate of drug-likeness (QED) is 0.477. The third-order valence-corrected chi connectivity index (χ3v) is 3.32. The molecule has 1 amide bonds. The molecule has 102 valence electrons. The number of hydrogen-bond acceptors (Lipinski definition) is 5. The fraction of sp³-hybridized carbons (Fsp3) is 0.417. The highest BCUT2D eigenvalue weighted by molar-refractivity contribution is 5.78. The van der Waals surface area contributed by atoms with Crippen LogP contribution < -0.4 is 16.4 Å². The maximum absolute atomic E-state index is 11.2. The van der Waals surface area contributed by atoms with Crippen LogP contribution in [0.2, 0.25) is 0 Å². The Kier molecular flexibility index (Phi) is 3.55. The van der Waals surface area contributed by atoms with Gasteiger partial charge in [-0.2, -0.15) is 0 Å². The van der Waals surface area contributed by atoms with Crippen molar-refractivity contribution in [2.24, 2.45) is 11.7 Å². The molecule has 1 unspecified atom stereocenters. The molecule has 1 fully saturated rings. The van der Waals surface area contributed by atoms with Gasteiger partial charge in [0.15, 0.2) is 0 Å². The summed E-state index contributed by atoms with van der Waals surface area (Å²) < 4.78 is 0. The van der Waals surface area contributed by atoms with Crippen LogP contribution in [0.1, 0.15) is 12.8 Å². The van der Waals surface area contributed by atoms with Crippen molar-refractivity contribution in [3.05, 3.63) is 28.3 Å². The van der Waals surface area contributed by atoms with Crippen LogP contribution in [0.15, 0.2) is 18.2 Å². The Balaban J connectivity index is 2.26. The summed E-state index contributed by atoms with van der Waals surface area (Å²) in [5, 5.41) is 10.8. The summed E-state index contributed by atoms with van der Waals surface area (Å²) in [5.74, 6) is -0.544. The van der Waals surface area contributed by atoms with E-state index in [1.54, 1.807) is 6.07 Å². The predicted octanol–water partition coefficient (Wildman–Crippen LogP) is 0.879. The SMILES string of the molecule is NC(=O)C1CCCN(c2cc(N)cc([N+](=O)[O-])c2)C1. The molecule has 0 aliphatic carbocycles. The van der Waals surface area contributed by atoms with E-state index in [4.69, 9.17) is 11.5 Å². The molecule has 1 heterocycles. The van der Waals surface area contributed by atoms with E-state index in [2.05, 4.69) is 0 Å². The van der Waals surface area contributed by atoms with Crippen molar-refractivity contribution in [1.29, 1.82) is 0 Å². The number of benzene rings is 1. The van der Waals surface area contributed by atoms with E-state index in [1.165, 1.54) is 12.1 Å². The molecule has 0 aromatic heterocycles. The van der Waals surface area contributed by atoms with Gasteiger partial charge in [0.25, 0.3) is 5.69 Å². The van der Waals surface area contributed by atoms with Gasteiger partial charge < -0.3 is 16.4 Å². The van der Waals surface area contributed by atoms with Gasteiger partial charge in [0, 0.05) is 36.6 Å². The molecular weight excluding hydrogens is 248 g/mol. The first-order chi connectivity index (χ1) is 8.97. The summed E-state index contributed by atoms with van der Waals surface area (Å²) in [5.41, 5.74) is 12.0. The van der Waals surface area contributed by atoms with E-state index in [0.29, 0.717) is 17.9 Å². The van der Waals surface area contributed by atoms with E-state index < -0.39 is 4.92 Å². The standard InChI is InChI=1S/C12H16N4O3/c13-9-4-10(6-11(5-9)16(18)19)15-3-1-2-8(7-15)12(14)17/h4-6,8H,1-3,7,13H2,(H2,14,17). The monoisotopic (exact) mass is 264 g/mol. The number of nitrogens with two attached hydrogens (primary N) is 2. The third kappa shape index (κ3) is 2.93. The molecule has 1 aliphatic heterocycles. The highest BCUT2D eigenvalue weighted by Gasteiger charge is 2.25. The summed E-state index contributed by atoms with van der Waals surface area (Å²) in [4.78, 5) is 23.5. The number of carbonyl (C=O) groups excluding carboxylic acids is 1. The van der Waals surface area contributed by atoms with Gasteiger partial charge in [-0.3, -0.25) is 14.9 Å². The number of nitrogen functional groups attached to an aromatic ring is 1. The second-order valence-electron chi connectivity index (χ2n) is 4.73. The molecule has 0 saturated carbocycles.